The van der Waals surface area contributed by atoms with Crippen molar-refractivity contribution in [1.29, 1.82) is 0 Å². The highest BCUT2D eigenvalue weighted by atomic mass is 15.1. The van der Waals surface area contributed by atoms with Gasteiger partial charge in [-0.25, -0.2) is 0 Å². The molecule has 14 rings (SSSR count). The molecule has 0 N–H and O–H groups in total. The first-order valence-corrected chi connectivity index (χ1v) is 26.0. The summed E-state index contributed by atoms with van der Waals surface area (Å²) < 4.78 is 2.49. The maximum Gasteiger partial charge on any atom is 0.0547 e. The molecule has 12 aromatic rings. The summed E-state index contributed by atoms with van der Waals surface area (Å²) in [6.07, 6.45) is 0. The molecule has 11 aromatic carbocycles. The summed E-state index contributed by atoms with van der Waals surface area (Å²) in [5.41, 5.74) is 27.1. The average Bonchev–Trinajstić information content (AvgIpc) is 4.01. The molecule has 0 amide bonds. The van der Waals surface area contributed by atoms with Gasteiger partial charge in [-0.2, -0.15) is 0 Å². The van der Waals surface area contributed by atoms with Crippen molar-refractivity contribution in [2.75, 3.05) is 4.90 Å². The Morgan fingerprint density at radius 1 is 0.270 bits per heavy atom. The van der Waals surface area contributed by atoms with Crippen molar-refractivity contribution >= 4 is 38.9 Å². The predicted octanol–water partition coefficient (Wildman–Crippen LogP) is 19.5. The molecule has 74 heavy (non-hydrogen) atoms. The van der Waals surface area contributed by atoms with Crippen LogP contribution in [-0.2, 0) is 10.8 Å². The number of benzene rings is 11. The van der Waals surface area contributed by atoms with E-state index in [1.54, 1.807) is 0 Å². The minimum absolute atomic E-state index is 0.118. The molecule has 0 bridgehead atoms. The van der Waals surface area contributed by atoms with E-state index in [4.69, 9.17) is 0 Å². The zero-order valence-electron chi connectivity index (χ0n) is 42.1. The third-order valence-electron chi connectivity index (χ3n) is 16.4. The molecule has 0 fully saturated rings. The number of aromatic nitrogens is 1. The molecule has 0 aliphatic heterocycles. The van der Waals surface area contributed by atoms with Gasteiger partial charge in [-0.1, -0.05) is 228 Å². The van der Waals surface area contributed by atoms with E-state index in [0.29, 0.717) is 0 Å². The average molecular weight is 947 g/mol. The summed E-state index contributed by atoms with van der Waals surface area (Å²) in [6.45, 7) is 9.47. The van der Waals surface area contributed by atoms with Gasteiger partial charge in [-0.3, -0.25) is 0 Å². The quantitative estimate of drug-likeness (QED) is 0.147. The number of para-hydroxylation sites is 1. The fourth-order valence-corrected chi connectivity index (χ4v) is 12.8. The largest absolute Gasteiger partial charge is 0.310 e. The van der Waals surface area contributed by atoms with Crippen molar-refractivity contribution in [3.63, 3.8) is 0 Å². The van der Waals surface area contributed by atoms with E-state index < -0.39 is 0 Å². The lowest BCUT2D eigenvalue weighted by Crippen LogP contribution is -2.18. The van der Waals surface area contributed by atoms with Gasteiger partial charge in [0.1, 0.15) is 0 Å². The molecule has 0 saturated heterocycles. The molecule has 0 unspecified atom stereocenters. The smallest absolute Gasteiger partial charge is 0.0547 e. The maximum atomic E-state index is 2.49. The van der Waals surface area contributed by atoms with Crippen molar-refractivity contribution in [1.82, 2.24) is 4.57 Å². The zero-order chi connectivity index (χ0) is 49.7. The molecule has 1 heterocycles. The number of hydrogen-bond donors (Lipinski definition) is 0. The van der Waals surface area contributed by atoms with Gasteiger partial charge in [0.2, 0.25) is 0 Å². The van der Waals surface area contributed by atoms with Crippen molar-refractivity contribution in [2.24, 2.45) is 0 Å². The molecule has 1 aromatic heterocycles. The van der Waals surface area contributed by atoms with E-state index in [9.17, 15) is 0 Å². The highest BCUT2D eigenvalue weighted by molar-refractivity contribution is 6.21. The summed E-state index contributed by atoms with van der Waals surface area (Å²) in [5.74, 6) is 0. The van der Waals surface area contributed by atoms with E-state index in [2.05, 4.69) is 292 Å². The van der Waals surface area contributed by atoms with Crippen LogP contribution in [0.5, 0.6) is 0 Å². The van der Waals surface area contributed by atoms with Gasteiger partial charge in [0, 0.05) is 44.2 Å². The Labute approximate surface area is 434 Å². The fourth-order valence-electron chi connectivity index (χ4n) is 12.8. The van der Waals surface area contributed by atoms with E-state index >= 15 is 0 Å². The lowest BCUT2D eigenvalue weighted by atomic mass is 9.82. The van der Waals surface area contributed by atoms with Crippen LogP contribution in [0.25, 0.3) is 94.3 Å². The van der Waals surface area contributed by atoms with Crippen molar-refractivity contribution in [2.45, 2.75) is 38.5 Å². The second-order valence-corrected chi connectivity index (χ2v) is 21.2. The summed E-state index contributed by atoms with van der Waals surface area (Å²) >= 11 is 0. The summed E-state index contributed by atoms with van der Waals surface area (Å²) in [7, 11) is 0. The minimum atomic E-state index is -0.118. The number of rotatable bonds is 8. The monoisotopic (exact) mass is 946 g/mol. The SMILES string of the molecule is CC1(C)c2ccccc2-c2ccc(N(c3ccc(-c4ccc(-c5ccccc5-n5c6cccc(-c7ccccc7)c6c6c(-c7ccccc7)cccc65)cc4)cc3)c3ccc4c(c3)C(C)(C)c3ccccc3-4)cc21. The number of nitrogens with zero attached hydrogens (tertiary/aromatic N) is 2. The Balaban J connectivity index is 0.852. The van der Waals surface area contributed by atoms with Crippen molar-refractivity contribution < 1.29 is 0 Å². The molecule has 0 atom stereocenters. The van der Waals surface area contributed by atoms with Crippen molar-refractivity contribution in [3.05, 3.63) is 277 Å². The van der Waals surface area contributed by atoms with Crippen LogP contribution in [0.4, 0.5) is 17.1 Å². The predicted molar refractivity (Wildman–Crippen MR) is 312 cm³/mol. The van der Waals surface area contributed by atoms with Gasteiger partial charge >= 0.3 is 0 Å². The van der Waals surface area contributed by atoms with Crippen molar-refractivity contribution in [3.8, 4) is 72.4 Å². The van der Waals surface area contributed by atoms with Crippen LogP contribution in [0.1, 0.15) is 49.9 Å². The molecule has 0 spiro atoms. The molecule has 352 valence electrons. The topological polar surface area (TPSA) is 8.17 Å². The van der Waals surface area contributed by atoms with Gasteiger partial charge in [0.05, 0.1) is 16.7 Å². The lowest BCUT2D eigenvalue weighted by molar-refractivity contribution is 0.660. The van der Waals surface area contributed by atoms with Crippen LogP contribution < -0.4 is 4.90 Å². The van der Waals surface area contributed by atoms with E-state index in [0.717, 1.165) is 22.7 Å². The van der Waals surface area contributed by atoms with Gasteiger partial charge in [0.25, 0.3) is 0 Å². The molecular formula is C72H54N2. The number of fused-ring (bicyclic) bond motifs is 9. The van der Waals surface area contributed by atoms with Gasteiger partial charge in [-0.15, -0.1) is 0 Å². The summed E-state index contributed by atoms with van der Waals surface area (Å²) in [5, 5.41) is 2.52. The van der Waals surface area contributed by atoms with Crippen LogP contribution in [0.15, 0.2) is 255 Å². The van der Waals surface area contributed by atoms with Crippen LogP contribution >= 0.6 is 0 Å². The molecular weight excluding hydrogens is 893 g/mol. The first kappa shape index (κ1) is 43.8. The molecule has 2 aliphatic carbocycles. The van der Waals surface area contributed by atoms with Crippen LogP contribution in [0.3, 0.4) is 0 Å². The Bertz CT molecular complexity index is 3950. The van der Waals surface area contributed by atoms with E-state index in [1.807, 2.05) is 0 Å². The highest BCUT2D eigenvalue weighted by Crippen LogP contribution is 2.53. The Kier molecular flexibility index (Phi) is 9.94. The second kappa shape index (κ2) is 16.8. The Morgan fingerprint density at radius 2 is 0.635 bits per heavy atom. The third-order valence-corrected chi connectivity index (χ3v) is 16.4. The molecule has 2 nitrogen and oxygen atoms in total. The van der Waals surface area contributed by atoms with Crippen LogP contribution in [0, 0.1) is 0 Å². The summed E-state index contributed by atoms with van der Waals surface area (Å²) in [4.78, 5) is 2.46. The van der Waals surface area contributed by atoms with Gasteiger partial charge in [-0.05, 0) is 138 Å². The Morgan fingerprint density at radius 3 is 1.14 bits per heavy atom. The number of anilines is 3. The number of hydrogen-bond acceptors (Lipinski definition) is 1. The molecule has 2 aliphatic rings. The first-order chi connectivity index (χ1) is 36.2. The first-order valence-electron chi connectivity index (χ1n) is 26.0. The van der Waals surface area contributed by atoms with Crippen LogP contribution in [0.2, 0.25) is 0 Å². The normalized spacial score (nSPS) is 13.6. The Hall–Kier alpha value is -8.98. The van der Waals surface area contributed by atoms with Gasteiger partial charge < -0.3 is 9.47 Å². The van der Waals surface area contributed by atoms with E-state index in [-0.39, 0.29) is 10.8 Å². The molecule has 0 radical (unpaired) electrons. The highest BCUT2D eigenvalue weighted by Gasteiger charge is 2.38. The minimum Gasteiger partial charge on any atom is -0.310 e. The standard InChI is InChI=1S/C72H54N2/c1-71(2)62-28-14-11-24-58(62)60-43-41-53(45-64(60)71)73(54-42-44-61-59-25-12-15-29-63(59)72(3,4)65(61)46-54)52-39-37-48(38-40-52)47-33-35-51(36-34-47)55-23-13-16-30-66(55)74-67-31-17-26-56(49-19-7-5-8-20-49)69(67)70-57(27-18-32-68(70)74)50-21-9-6-10-22-50/h5-46H,1-4H3. The molecule has 2 heteroatoms. The van der Waals surface area contributed by atoms with Gasteiger partial charge in [0.15, 0.2) is 0 Å². The van der Waals surface area contributed by atoms with E-state index in [1.165, 1.54) is 111 Å². The lowest BCUT2D eigenvalue weighted by Gasteiger charge is -2.30. The third kappa shape index (κ3) is 6.71. The fraction of sp³-hybridized carbons (Fsp3) is 0.0833. The summed E-state index contributed by atoms with van der Waals surface area (Å²) in [6, 6.07) is 94.4. The maximum absolute atomic E-state index is 2.49. The molecule has 0 saturated carbocycles. The zero-order valence-corrected chi connectivity index (χ0v) is 42.1. The van der Waals surface area contributed by atoms with Crippen LogP contribution in [-0.4, -0.2) is 4.57 Å². The second-order valence-electron chi connectivity index (χ2n) is 21.2.